The Morgan fingerprint density at radius 2 is 0.929 bits per heavy atom. The first kappa shape index (κ1) is 33.2. The Morgan fingerprint density at radius 1 is 0.429 bits per heavy atom. The number of benzene rings is 7. The zero-order chi connectivity index (χ0) is 37.4. The molecule has 0 radical (unpaired) electrons. The van der Waals surface area contributed by atoms with Gasteiger partial charge in [0.05, 0.1) is 34.0 Å². The Labute approximate surface area is 324 Å². The van der Waals surface area contributed by atoms with Gasteiger partial charge in [0.2, 0.25) is 0 Å². The molecule has 0 fully saturated rings. The Hall–Kier alpha value is -7.44. The lowest BCUT2D eigenvalue weighted by Crippen LogP contribution is -2.16. The largest absolute Gasteiger partial charge is 0.293 e. The highest BCUT2D eigenvalue weighted by atomic mass is 16.1. The lowest BCUT2D eigenvalue weighted by atomic mass is 9.85. The van der Waals surface area contributed by atoms with E-state index in [1.165, 1.54) is 0 Å². The summed E-state index contributed by atoms with van der Waals surface area (Å²) in [7, 11) is 0. The summed E-state index contributed by atoms with van der Waals surface area (Å²) in [6.45, 7) is 0. The average molecular weight is 720 g/mol. The van der Waals surface area contributed by atoms with E-state index in [0.29, 0.717) is 29.3 Å². The molecular weight excluding hydrogens is 687 g/mol. The second-order valence-electron chi connectivity index (χ2n) is 14.0. The number of Topliss-reactive ketones (excluding diaryl/α,β-unsaturated/α-hetero) is 1. The van der Waals surface area contributed by atoms with Gasteiger partial charge in [0.1, 0.15) is 0 Å². The molecule has 264 valence electrons. The lowest BCUT2D eigenvalue weighted by molar-refractivity contribution is 0.0963. The van der Waals surface area contributed by atoms with Gasteiger partial charge in [-0.1, -0.05) is 146 Å². The van der Waals surface area contributed by atoms with E-state index >= 15 is 0 Å². The third kappa shape index (κ3) is 6.13. The maximum Gasteiger partial charge on any atom is 0.172 e. The minimum absolute atomic E-state index is 0.0300. The monoisotopic (exact) mass is 719 g/mol. The van der Waals surface area contributed by atoms with Gasteiger partial charge in [-0.15, -0.1) is 0 Å². The third-order valence-electron chi connectivity index (χ3n) is 10.4. The van der Waals surface area contributed by atoms with Crippen molar-refractivity contribution < 1.29 is 4.79 Å². The molecule has 1 aliphatic rings. The number of fused-ring (bicyclic) bond motifs is 3. The number of carbonyl (C=O) groups excluding carboxylic acids is 1. The number of para-hydroxylation sites is 3. The van der Waals surface area contributed by atoms with Crippen LogP contribution in [0.15, 0.2) is 187 Å². The van der Waals surface area contributed by atoms with Crippen molar-refractivity contribution in [1.82, 2.24) is 19.9 Å². The van der Waals surface area contributed by atoms with Crippen molar-refractivity contribution in [1.29, 1.82) is 0 Å². The molecule has 6 nitrogen and oxygen atoms in total. The standard InChI is InChI=1S/C50H33N5O/c56-48-40-25-9-12-28-44(40)51-45(35-20-14-22-37(30-35)50-53-43-27-11-8-24-39(43)47(55-50)33-17-5-2-6-18-33)31-41(48)34-19-13-21-36(29-34)49-52-42-26-10-7-23-38(42)46(54-49)32-15-3-1-4-16-32/h1-30,41H,31H2. The normalized spacial score (nSPS) is 14.0. The van der Waals surface area contributed by atoms with E-state index < -0.39 is 5.92 Å². The zero-order valence-electron chi connectivity index (χ0n) is 30.2. The Morgan fingerprint density at radius 3 is 1.57 bits per heavy atom. The number of hydrogen-bond acceptors (Lipinski definition) is 6. The predicted molar refractivity (Wildman–Crippen MR) is 225 cm³/mol. The van der Waals surface area contributed by atoms with Crippen LogP contribution in [-0.2, 0) is 0 Å². The van der Waals surface area contributed by atoms with Crippen molar-refractivity contribution >= 4 is 39.0 Å². The van der Waals surface area contributed by atoms with Gasteiger partial charge in [0, 0.05) is 50.7 Å². The van der Waals surface area contributed by atoms with Crippen LogP contribution >= 0.6 is 0 Å². The first-order valence-corrected chi connectivity index (χ1v) is 18.7. The summed E-state index contributed by atoms with van der Waals surface area (Å²) in [5.74, 6) is 0.779. The maximum atomic E-state index is 14.5. The molecule has 0 saturated heterocycles. The fraction of sp³-hybridized carbons (Fsp3) is 0.0400. The molecule has 1 unspecified atom stereocenters. The summed E-state index contributed by atoms with van der Waals surface area (Å²) in [5.41, 5.74) is 11.1. The highest BCUT2D eigenvalue weighted by Crippen LogP contribution is 2.38. The second-order valence-corrected chi connectivity index (χ2v) is 14.0. The minimum Gasteiger partial charge on any atom is -0.293 e. The summed E-state index contributed by atoms with van der Waals surface area (Å²) >= 11 is 0. The second kappa shape index (κ2) is 14.1. The number of rotatable bonds is 6. The van der Waals surface area contributed by atoms with E-state index in [2.05, 4.69) is 54.6 Å². The van der Waals surface area contributed by atoms with Crippen LogP contribution in [0.2, 0.25) is 0 Å². The van der Waals surface area contributed by atoms with Crippen LogP contribution in [0, 0.1) is 0 Å². The first-order valence-electron chi connectivity index (χ1n) is 18.7. The molecule has 3 heterocycles. The molecule has 9 aromatic rings. The Bertz CT molecular complexity index is 2980. The van der Waals surface area contributed by atoms with Gasteiger partial charge in [-0.3, -0.25) is 9.79 Å². The number of nitrogens with zero attached hydrogens (tertiary/aromatic N) is 5. The molecule has 0 aliphatic carbocycles. The van der Waals surface area contributed by atoms with E-state index in [0.717, 1.165) is 72.3 Å². The summed E-state index contributed by atoms with van der Waals surface area (Å²) in [4.78, 5) is 40.0. The highest BCUT2D eigenvalue weighted by Gasteiger charge is 2.30. The van der Waals surface area contributed by atoms with E-state index in [9.17, 15) is 4.79 Å². The Kier molecular flexibility index (Phi) is 8.34. The third-order valence-corrected chi connectivity index (χ3v) is 10.4. The number of aliphatic imine (C=N–C) groups is 1. The molecular formula is C50H33N5O. The molecule has 1 aliphatic heterocycles. The fourth-order valence-electron chi connectivity index (χ4n) is 7.67. The molecule has 0 bridgehead atoms. The summed E-state index contributed by atoms with van der Waals surface area (Å²) in [6, 6.07) is 60.5. The average Bonchev–Trinajstić information content (AvgIpc) is 3.42. The van der Waals surface area contributed by atoms with E-state index in [1.807, 2.05) is 127 Å². The number of ketones is 1. The SMILES string of the molecule is O=C1c2ccccc2N=C(c2cccc(-c3nc(-c4ccccc4)c4ccccc4n3)c2)CC1c1cccc(-c2nc(-c3ccccc3)c3ccccc3n2)c1. The van der Waals surface area contributed by atoms with Crippen molar-refractivity contribution in [3.05, 3.63) is 199 Å². The van der Waals surface area contributed by atoms with Gasteiger partial charge >= 0.3 is 0 Å². The van der Waals surface area contributed by atoms with E-state index in [-0.39, 0.29) is 5.78 Å². The molecule has 0 spiro atoms. The van der Waals surface area contributed by atoms with Crippen molar-refractivity contribution in [2.24, 2.45) is 4.99 Å². The Balaban J connectivity index is 1.06. The van der Waals surface area contributed by atoms with Crippen LogP contribution < -0.4 is 0 Å². The molecule has 10 rings (SSSR count). The van der Waals surface area contributed by atoms with Gasteiger partial charge in [0.25, 0.3) is 0 Å². The van der Waals surface area contributed by atoms with Gasteiger partial charge < -0.3 is 0 Å². The molecule has 0 N–H and O–H groups in total. The van der Waals surface area contributed by atoms with Crippen LogP contribution in [-0.4, -0.2) is 31.4 Å². The quantitative estimate of drug-likeness (QED) is 0.171. The molecule has 7 aromatic carbocycles. The molecule has 1 atom stereocenters. The smallest absolute Gasteiger partial charge is 0.172 e. The van der Waals surface area contributed by atoms with Crippen molar-refractivity contribution in [2.75, 3.05) is 0 Å². The zero-order valence-corrected chi connectivity index (χ0v) is 30.2. The summed E-state index contributed by atoms with van der Waals surface area (Å²) in [6.07, 6.45) is 0.405. The van der Waals surface area contributed by atoms with Crippen LogP contribution in [0.25, 0.3) is 67.1 Å². The molecule has 6 heteroatoms. The van der Waals surface area contributed by atoms with Crippen molar-refractivity contribution in [3.8, 4) is 45.3 Å². The van der Waals surface area contributed by atoms with Crippen LogP contribution in [0.3, 0.4) is 0 Å². The maximum absolute atomic E-state index is 14.5. The van der Waals surface area contributed by atoms with Crippen molar-refractivity contribution in [2.45, 2.75) is 12.3 Å². The highest BCUT2D eigenvalue weighted by molar-refractivity contribution is 6.14. The minimum atomic E-state index is -0.489. The molecule has 0 amide bonds. The summed E-state index contributed by atoms with van der Waals surface area (Å²) in [5, 5.41) is 1.99. The molecule has 56 heavy (non-hydrogen) atoms. The fourth-order valence-corrected chi connectivity index (χ4v) is 7.67. The van der Waals surface area contributed by atoms with Crippen molar-refractivity contribution in [3.63, 3.8) is 0 Å². The predicted octanol–water partition coefficient (Wildman–Crippen LogP) is 11.7. The first-order chi connectivity index (χ1) is 27.7. The summed E-state index contributed by atoms with van der Waals surface area (Å²) < 4.78 is 0. The van der Waals surface area contributed by atoms with E-state index in [4.69, 9.17) is 24.9 Å². The lowest BCUT2D eigenvalue weighted by Gasteiger charge is -2.17. The van der Waals surface area contributed by atoms with Gasteiger partial charge in [-0.2, -0.15) is 0 Å². The van der Waals surface area contributed by atoms with Crippen LogP contribution in [0.5, 0.6) is 0 Å². The van der Waals surface area contributed by atoms with Gasteiger partial charge in [-0.05, 0) is 47.5 Å². The number of hydrogen-bond donors (Lipinski definition) is 0. The number of carbonyl (C=O) groups is 1. The van der Waals surface area contributed by atoms with Crippen LogP contribution in [0.1, 0.15) is 33.8 Å². The van der Waals surface area contributed by atoms with Gasteiger partial charge in [-0.25, -0.2) is 19.9 Å². The molecule has 2 aromatic heterocycles. The number of aromatic nitrogens is 4. The van der Waals surface area contributed by atoms with Crippen LogP contribution in [0.4, 0.5) is 5.69 Å². The molecule has 0 saturated carbocycles. The van der Waals surface area contributed by atoms with E-state index in [1.54, 1.807) is 0 Å². The topological polar surface area (TPSA) is 81.0 Å². The van der Waals surface area contributed by atoms with Gasteiger partial charge in [0.15, 0.2) is 17.4 Å².